The van der Waals surface area contributed by atoms with Gasteiger partial charge < -0.3 is 20.3 Å². The van der Waals surface area contributed by atoms with Crippen LogP contribution in [0.2, 0.25) is 0 Å². The van der Waals surface area contributed by atoms with Gasteiger partial charge in [0, 0.05) is 24.1 Å². The third-order valence-corrected chi connectivity index (χ3v) is 3.39. The van der Waals surface area contributed by atoms with Gasteiger partial charge in [0.1, 0.15) is 11.8 Å². The lowest BCUT2D eigenvalue weighted by molar-refractivity contribution is -0.141. The minimum Gasteiger partial charge on any atom is -0.468 e. The summed E-state index contributed by atoms with van der Waals surface area (Å²) in [5.41, 5.74) is 7.75. The van der Waals surface area contributed by atoms with Crippen LogP contribution < -0.4 is 11.1 Å². The van der Waals surface area contributed by atoms with Gasteiger partial charge in [-0.2, -0.15) is 0 Å². The van der Waals surface area contributed by atoms with E-state index in [4.69, 9.17) is 10.3 Å². The number of benzene rings is 1. The first-order chi connectivity index (χ1) is 11.1. The number of esters is 1. The lowest BCUT2D eigenvalue weighted by atomic mass is 10.0. The van der Waals surface area contributed by atoms with Crippen LogP contribution in [0.15, 0.2) is 35.0 Å². The summed E-state index contributed by atoms with van der Waals surface area (Å²) in [5, 5.41) is 6.40. The molecule has 7 heteroatoms. The van der Waals surface area contributed by atoms with E-state index in [0.717, 1.165) is 16.9 Å². The van der Waals surface area contributed by atoms with Crippen LogP contribution in [0, 0.1) is 0 Å². The number of aromatic nitrogens is 1. The van der Waals surface area contributed by atoms with Gasteiger partial charge >= 0.3 is 5.97 Å². The molecule has 0 aliphatic carbocycles. The molecule has 0 bridgehead atoms. The highest BCUT2D eigenvalue weighted by Crippen LogP contribution is 2.24. The standard InChI is InChI=1S/C16H19N3O4/c1-3-14-12(8-19-23-14)10-5-4-6-11(7-10)15(20)18-9-13(17)16(21)22-2/h4-8,13H,3,9,17H2,1-2H3,(H,18,20)/t13-/m1/s1. The summed E-state index contributed by atoms with van der Waals surface area (Å²) in [6.07, 6.45) is 2.34. The number of rotatable bonds is 6. The fraction of sp³-hybridized carbons (Fsp3) is 0.312. The largest absolute Gasteiger partial charge is 0.468 e. The first-order valence-corrected chi connectivity index (χ1v) is 7.22. The van der Waals surface area contributed by atoms with Gasteiger partial charge in [-0.05, 0) is 17.7 Å². The highest BCUT2D eigenvalue weighted by molar-refractivity contribution is 5.95. The number of carbonyl (C=O) groups excluding carboxylic acids is 2. The summed E-state index contributed by atoms with van der Waals surface area (Å²) in [6.45, 7) is 1.97. The fourth-order valence-electron chi connectivity index (χ4n) is 2.12. The molecular formula is C16H19N3O4. The molecule has 1 heterocycles. The smallest absolute Gasteiger partial charge is 0.324 e. The number of carbonyl (C=O) groups is 2. The molecule has 1 aromatic carbocycles. The SMILES string of the molecule is CCc1oncc1-c1cccc(C(=O)NC[C@@H](N)C(=O)OC)c1. The molecule has 0 fully saturated rings. The minimum atomic E-state index is -0.892. The van der Waals surface area contributed by atoms with Crippen LogP contribution in [0.25, 0.3) is 11.1 Å². The van der Waals surface area contributed by atoms with Crippen LogP contribution in [0.1, 0.15) is 23.0 Å². The molecule has 0 aliphatic rings. The van der Waals surface area contributed by atoms with Crippen LogP contribution in [0.5, 0.6) is 0 Å². The first kappa shape index (κ1) is 16.7. The molecule has 122 valence electrons. The van der Waals surface area contributed by atoms with Gasteiger partial charge in [-0.25, -0.2) is 0 Å². The number of hydrogen-bond acceptors (Lipinski definition) is 6. The zero-order valence-corrected chi connectivity index (χ0v) is 13.0. The van der Waals surface area contributed by atoms with E-state index in [0.29, 0.717) is 12.0 Å². The maximum atomic E-state index is 12.2. The summed E-state index contributed by atoms with van der Waals surface area (Å²) >= 11 is 0. The molecular weight excluding hydrogens is 298 g/mol. The van der Waals surface area contributed by atoms with Gasteiger partial charge in [-0.1, -0.05) is 24.2 Å². The van der Waals surface area contributed by atoms with Crippen molar-refractivity contribution < 1.29 is 18.8 Å². The van der Waals surface area contributed by atoms with Crippen LogP contribution in [-0.2, 0) is 16.0 Å². The van der Waals surface area contributed by atoms with Gasteiger partial charge in [0.15, 0.2) is 0 Å². The Balaban J connectivity index is 2.10. The average Bonchev–Trinajstić information content (AvgIpc) is 3.07. The predicted molar refractivity (Wildman–Crippen MR) is 83.6 cm³/mol. The van der Waals surface area contributed by atoms with Crippen molar-refractivity contribution in [1.29, 1.82) is 0 Å². The van der Waals surface area contributed by atoms with Crippen molar-refractivity contribution in [2.24, 2.45) is 5.73 Å². The summed E-state index contributed by atoms with van der Waals surface area (Å²) < 4.78 is 9.68. The van der Waals surface area contributed by atoms with Crippen molar-refractivity contribution in [3.63, 3.8) is 0 Å². The first-order valence-electron chi connectivity index (χ1n) is 7.22. The monoisotopic (exact) mass is 317 g/mol. The van der Waals surface area contributed by atoms with E-state index in [1.165, 1.54) is 7.11 Å². The number of amides is 1. The zero-order valence-electron chi connectivity index (χ0n) is 13.0. The minimum absolute atomic E-state index is 0.00318. The second kappa shape index (κ2) is 7.55. The molecule has 0 spiro atoms. The molecule has 0 aliphatic heterocycles. The molecule has 1 aromatic heterocycles. The molecule has 2 rings (SSSR count). The molecule has 3 N–H and O–H groups in total. The molecule has 23 heavy (non-hydrogen) atoms. The van der Waals surface area contributed by atoms with Crippen molar-refractivity contribution in [3.8, 4) is 11.1 Å². The average molecular weight is 317 g/mol. The van der Waals surface area contributed by atoms with Crippen molar-refractivity contribution in [3.05, 3.63) is 41.8 Å². The number of nitrogens with one attached hydrogen (secondary N) is 1. The van der Waals surface area contributed by atoms with Crippen molar-refractivity contribution in [1.82, 2.24) is 10.5 Å². The Morgan fingerprint density at radius 1 is 1.43 bits per heavy atom. The molecule has 1 atom stereocenters. The van der Waals surface area contributed by atoms with E-state index in [2.05, 4.69) is 15.2 Å². The Labute approximate surface area is 133 Å². The third-order valence-electron chi connectivity index (χ3n) is 3.39. The summed E-state index contributed by atoms with van der Waals surface area (Å²) in [5.74, 6) is -0.132. The Bertz CT molecular complexity index is 696. The van der Waals surface area contributed by atoms with Gasteiger partial charge in [0.25, 0.3) is 5.91 Å². The topological polar surface area (TPSA) is 107 Å². The highest BCUT2D eigenvalue weighted by Gasteiger charge is 2.16. The van der Waals surface area contributed by atoms with Gasteiger partial charge in [-0.3, -0.25) is 9.59 Å². The highest BCUT2D eigenvalue weighted by atomic mass is 16.5. The van der Waals surface area contributed by atoms with E-state index in [-0.39, 0.29) is 12.5 Å². The number of nitrogens with two attached hydrogens (primary N) is 1. The normalized spacial score (nSPS) is 11.8. The number of hydrogen-bond donors (Lipinski definition) is 2. The van der Waals surface area contributed by atoms with Crippen LogP contribution in [-0.4, -0.2) is 36.7 Å². The molecule has 2 aromatic rings. The summed E-state index contributed by atoms with van der Waals surface area (Å²) in [4.78, 5) is 23.4. The van der Waals surface area contributed by atoms with E-state index in [1.54, 1.807) is 24.4 Å². The lowest BCUT2D eigenvalue weighted by Crippen LogP contribution is -2.43. The molecule has 0 saturated carbocycles. The van der Waals surface area contributed by atoms with Gasteiger partial charge in [0.05, 0.1) is 13.3 Å². The van der Waals surface area contributed by atoms with Crippen molar-refractivity contribution >= 4 is 11.9 Å². The van der Waals surface area contributed by atoms with Gasteiger partial charge in [-0.15, -0.1) is 0 Å². The van der Waals surface area contributed by atoms with E-state index in [9.17, 15) is 9.59 Å². The fourth-order valence-corrected chi connectivity index (χ4v) is 2.12. The predicted octanol–water partition coefficient (Wildman–Crippen LogP) is 1.13. The van der Waals surface area contributed by atoms with Crippen molar-refractivity contribution in [2.45, 2.75) is 19.4 Å². The van der Waals surface area contributed by atoms with Crippen LogP contribution in [0.3, 0.4) is 0 Å². The Morgan fingerprint density at radius 2 is 2.22 bits per heavy atom. The molecule has 1 amide bonds. The second-order valence-corrected chi connectivity index (χ2v) is 4.94. The quantitative estimate of drug-likeness (QED) is 0.773. The maximum absolute atomic E-state index is 12.2. The van der Waals surface area contributed by atoms with Crippen molar-refractivity contribution in [2.75, 3.05) is 13.7 Å². The Morgan fingerprint density at radius 3 is 2.91 bits per heavy atom. The third kappa shape index (κ3) is 3.95. The molecule has 0 saturated heterocycles. The molecule has 0 unspecified atom stereocenters. The maximum Gasteiger partial charge on any atom is 0.324 e. The zero-order chi connectivity index (χ0) is 16.8. The number of nitrogens with zero attached hydrogens (tertiary/aromatic N) is 1. The van der Waals surface area contributed by atoms with Crippen LogP contribution in [0.4, 0.5) is 0 Å². The van der Waals surface area contributed by atoms with E-state index in [1.807, 2.05) is 13.0 Å². The lowest BCUT2D eigenvalue weighted by Gasteiger charge is -2.11. The van der Waals surface area contributed by atoms with Gasteiger partial charge in [0.2, 0.25) is 0 Å². The van der Waals surface area contributed by atoms with Crippen LogP contribution >= 0.6 is 0 Å². The molecule has 0 radical (unpaired) electrons. The summed E-state index contributed by atoms with van der Waals surface area (Å²) in [7, 11) is 1.25. The van der Waals surface area contributed by atoms with E-state index < -0.39 is 12.0 Å². The molecule has 7 nitrogen and oxygen atoms in total. The number of methoxy groups -OCH3 is 1. The number of ether oxygens (including phenoxy) is 1. The summed E-state index contributed by atoms with van der Waals surface area (Å²) in [6, 6.07) is 6.18. The van der Waals surface area contributed by atoms with E-state index >= 15 is 0 Å². The number of aryl methyl sites for hydroxylation is 1. The Kier molecular flexibility index (Phi) is 5.48. The second-order valence-electron chi connectivity index (χ2n) is 4.94. The Hall–Kier alpha value is -2.67.